The van der Waals surface area contributed by atoms with Crippen LogP contribution in [0.2, 0.25) is 0 Å². The first-order valence-corrected chi connectivity index (χ1v) is 5.30. The third kappa shape index (κ3) is 5.56. The van der Waals surface area contributed by atoms with E-state index in [1.54, 1.807) is 6.21 Å². The highest BCUT2D eigenvalue weighted by molar-refractivity contribution is 5.86. The van der Waals surface area contributed by atoms with Crippen molar-refractivity contribution in [3.8, 4) is 0 Å². The molecule has 0 radical (unpaired) electrons. The van der Waals surface area contributed by atoms with E-state index in [0.717, 1.165) is 12.8 Å². The topological polar surface area (TPSA) is 24.7 Å². The van der Waals surface area contributed by atoms with Crippen LogP contribution in [0, 0.1) is 5.92 Å². The minimum absolute atomic E-state index is 0.579. The number of unbranched alkanes of at least 4 members (excludes halogenated alkanes) is 1. The maximum Gasteiger partial charge on any atom is 0.0433 e. The number of hydrogen-bond donors (Lipinski definition) is 0. The Morgan fingerprint density at radius 2 is 2.08 bits per heavy atom. The molecule has 0 rings (SSSR count). The predicted molar refractivity (Wildman–Crippen MR) is 60.6 cm³/mol. The van der Waals surface area contributed by atoms with Crippen LogP contribution in [0.15, 0.2) is 10.2 Å². The quantitative estimate of drug-likeness (QED) is 0.442. The highest BCUT2D eigenvalue weighted by Gasteiger charge is 2.07. The lowest BCUT2D eigenvalue weighted by Gasteiger charge is -2.10. The lowest BCUT2D eigenvalue weighted by Crippen LogP contribution is -2.09. The number of nitrogens with zero attached hydrogens (tertiary/aromatic N) is 2. The summed E-state index contributed by atoms with van der Waals surface area (Å²) in [4.78, 5) is 0. The summed E-state index contributed by atoms with van der Waals surface area (Å²) < 4.78 is 0. The fourth-order valence-corrected chi connectivity index (χ4v) is 1.12. The molecule has 2 heteroatoms. The van der Waals surface area contributed by atoms with Crippen molar-refractivity contribution >= 4 is 11.9 Å². The Hall–Kier alpha value is -0.660. The van der Waals surface area contributed by atoms with Gasteiger partial charge in [-0.15, -0.1) is 0 Å². The molecule has 13 heavy (non-hydrogen) atoms. The molecule has 0 heterocycles. The van der Waals surface area contributed by atoms with Crippen molar-refractivity contribution in [1.29, 1.82) is 0 Å². The molecule has 2 nitrogen and oxygen atoms in total. The number of hydrogen-bond acceptors (Lipinski definition) is 2. The van der Waals surface area contributed by atoms with Crippen molar-refractivity contribution < 1.29 is 0 Å². The van der Waals surface area contributed by atoms with Crippen LogP contribution in [0.4, 0.5) is 0 Å². The summed E-state index contributed by atoms with van der Waals surface area (Å²) in [5.74, 6) is 0.579. The van der Waals surface area contributed by atoms with Gasteiger partial charge in [-0.05, 0) is 32.1 Å². The van der Waals surface area contributed by atoms with E-state index in [2.05, 4.69) is 31.0 Å². The molecule has 1 atom stereocenters. The summed E-state index contributed by atoms with van der Waals surface area (Å²) >= 11 is 0. The van der Waals surface area contributed by atoms with Crippen LogP contribution in [-0.4, -0.2) is 11.9 Å². The highest BCUT2D eigenvalue weighted by Crippen LogP contribution is 2.10. The van der Waals surface area contributed by atoms with Gasteiger partial charge in [-0.25, -0.2) is 0 Å². The first-order valence-electron chi connectivity index (χ1n) is 5.30. The number of rotatable bonds is 6. The molecular formula is C11H22N2. The predicted octanol–water partition coefficient (Wildman–Crippen LogP) is 3.67. The summed E-state index contributed by atoms with van der Waals surface area (Å²) in [5, 5.41) is 8.19. The van der Waals surface area contributed by atoms with Crippen molar-refractivity contribution in [3.63, 3.8) is 0 Å². The maximum atomic E-state index is 4.24. The summed E-state index contributed by atoms with van der Waals surface area (Å²) in [6, 6.07) is 0. The Kier molecular flexibility index (Phi) is 7.56. The van der Waals surface area contributed by atoms with Crippen molar-refractivity contribution in [1.82, 2.24) is 0 Å². The van der Waals surface area contributed by atoms with Gasteiger partial charge in [0.2, 0.25) is 0 Å². The third-order valence-electron chi connectivity index (χ3n) is 2.27. The van der Waals surface area contributed by atoms with E-state index in [4.69, 9.17) is 0 Å². The van der Waals surface area contributed by atoms with Gasteiger partial charge in [-0.1, -0.05) is 27.2 Å². The summed E-state index contributed by atoms with van der Waals surface area (Å²) in [6.07, 6.45) is 6.45. The minimum atomic E-state index is 0.579. The fraction of sp³-hybridized carbons (Fsp3) is 0.818. The smallest absolute Gasteiger partial charge is 0.0433 e. The zero-order valence-electron chi connectivity index (χ0n) is 9.38. The largest absolute Gasteiger partial charge is 0.164 e. The second-order valence-electron chi connectivity index (χ2n) is 3.38. The van der Waals surface area contributed by atoms with E-state index in [-0.39, 0.29) is 0 Å². The first-order chi connectivity index (χ1) is 6.26. The van der Waals surface area contributed by atoms with E-state index >= 15 is 0 Å². The van der Waals surface area contributed by atoms with Gasteiger partial charge < -0.3 is 0 Å². The molecule has 0 aromatic heterocycles. The lowest BCUT2D eigenvalue weighted by atomic mass is 9.98. The molecule has 0 spiro atoms. The van der Waals surface area contributed by atoms with Crippen LogP contribution in [0.5, 0.6) is 0 Å². The second kappa shape index (κ2) is 7.96. The second-order valence-corrected chi connectivity index (χ2v) is 3.38. The Morgan fingerprint density at radius 3 is 2.54 bits per heavy atom. The molecule has 0 aliphatic heterocycles. The van der Waals surface area contributed by atoms with E-state index in [9.17, 15) is 0 Å². The van der Waals surface area contributed by atoms with Gasteiger partial charge in [0.1, 0.15) is 0 Å². The average Bonchev–Trinajstić information content (AvgIpc) is 2.17. The lowest BCUT2D eigenvalue weighted by molar-refractivity contribution is 0.699. The molecule has 0 aliphatic carbocycles. The van der Waals surface area contributed by atoms with Crippen LogP contribution < -0.4 is 0 Å². The molecule has 0 bridgehead atoms. The van der Waals surface area contributed by atoms with Crippen LogP contribution in [0.3, 0.4) is 0 Å². The monoisotopic (exact) mass is 182 g/mol. The van der Waals surface area contributed by atoms with E-state index in [1.165, 1.54) is 18.6 Å². The zero-order valence-corrected chi connectivity index (χ0v) is 9.38. The van der Waals surface area contributed by atoms with Crippen molar-refractivity contribution in [2.75, 3.05) is 0 Å². The van der Waals surface area contributed by atoms with Crippen LogP contribution >= 0.6 is 0 Å². The fourth-order valence-electron chi connectivity index (χ4n) is 1.12. The molecule has 0 aliphatic rings. The summed E-state index contributed by atoms with van der Waals surface area (Å²) in [6.45, 7) is 8.52. The molecule has 0 amide bonds. The Bertz CT molecular complexity index is 171. The molecule has 76 valence electrons. The molecule has 0 N–H and O–H groups in total. The maximum absolute atomic E-state index is 4.24. The standard InChI is InChI=1S/C11H22N2/c1-5-8-9-11(10(4)6-2)13-12-7-3/h7,10H,5-6,8-9H2,1-4H3/b12-7+,13-11-. The van der Waals surface area contributed by atoms with Gasteiger partial charge >= 0.3 is 0 Å². The molecule has 1 unspecified atom stereocenters. The molecule has 0 saturated carbocycles. The normalized spacial score (nSPS) is 15.2. The Morgan fingerprint density at radius 1 is 1.38 bits per heavy atom. The Labute approximate surface area is 82.1 Å². The van der Waals surface area contributed by atoms with Crippen molar-refractivity contribution in [2.24, 2.45) is 16.1 Å². The minimum Gasteiger partial charge on any atom is -0.164 e. The Balaban J connectivity index is 4.17. The average molecular weight is 182 g/mol. The van der Waals surface area contributed by atoms with Gasteiger partial charge in [0.25, 0.3) is 0 Å². The van der Waals surface area contributed by atoms with Crippen molar-refractivity contribution in [3.05, 3.63) is 0 Å². The van der Waals surface area contributed by atoms with E-state index in [0.29, 0.717) is 5.92 Å². The van der Waals surface area contributed by atoms with Crippen molar-refractivity contribution in [2.45, 2.75) is 53.4 Å². The van der Waals surface area contributed by atoms with Crippen LogP contribution in [-0.2, 0) is 0 Å². The van der Waals surface area contributed by atoms with Crippen LogP contribution in [0.25, 0.3) is 0 Å². The SMILES string of the molecule is C/C=N/N=C(/CCCC)C(C)CC. The van der Waals surface area contributed by atoms with Gasteiger partial charge in [0.15, 0.2) is 0 Å². The van der Waals surface area contributed by atoms with Gasteiger partial charge in [-0.2, -0.15) is 10.2 Å². The van der Waals surface area contributed by atoms with E-state index in [1.807, 2.05) is 6.92 Å². The molecule has 0 fully saturated rings. The van der Waals surface area contributed by atoms with E-state index < -0.39 is 0 Å². The molecule has 0 aromatic rings. The zero-order chi connectivity index (χ0) is 10.1. The van der Waals surface area contributed by atoms with Gasteiger partial charge in [0, 0.05) is 11.9 Å². The summed E-state index contributed by atoms with van der Waals surface area (Å²) in [5.41, 5.74) is 1.25. The highest BCUT2D eigenvalue weighted by atomic mass is 15.2. The summed E-state index contributed by atoms with van der Waals surface area (Å²) in [7, 11) is 0. The van der Waals surface area contributed by atoms with Gasteiger partial charge in [0.05, 0.1) is 0 Å². The first kappa shape index (κ1) is 12.3. The third-order valence-corrected chi connectivity index (χ3v) is 2.27. The molecular weight excluding hydrogens is 160 g/mol. The molecule has 0 saturated heterocycles. The molecule has 0 aromatic carbocycles. The van der Waals surface area contributed by atoms with Crippen LogP contribution in [0.1, 0.15) is 53.4 Å². The van der Waals surface area contributed by atoms with Gasteiger partial charge in [-0.3, -0.25) is 0 Å².